The van der Waals surface area contributed by atoms with Crippen LogP contribution in [-0.4, -0.2) is 92.8 Å². The average molecular weight is 559 g/mol. The average Bonchev–Trinajstić information content (AvgIpc) is 3.66. The van der Waals surface area contributed by atoms with Crippen LogP contribution in [0.1, 0.15) is 45.4 Å². The quantitative estimate of drug-likeness (QED) is 0.304. The molecule has 1 amide bonds. The molecule has 0 aromatic heterocycles. The summed E-state index contributed by atoms with van der Waals surface area (Å²) < 4.78 is 49.7. The monoisotopic (exact) mass is 558 g/mol. The minimum Gasteiger partial charge on any atom is -0.491 e. The Morgan fingerprint density at radius 1 is 1.18 bits per heavy atom. The van der Waals surface area contributed by atoms with Crippen molar-refractivity contribution in [2.45, 2.75) is 81.0 Å². The third-order valence-corrected chi connectivity index (χ3v) is 8.74. The Labute approximate surface area is 223 Å². The zero-order valence-corrected chi connectivity index (χ0v) is 22.4. The number of aliphatic hydroxyl groups is 2. The molecule has 1 aliphatic carbocycles. The number of fused-ring (bicyclic) bond motifs is 1. The maximum Gasteiger partial charge on any atom is 0.407 e. The number of aliphatic hydroxyl groups excluding tert-OH is 2. The highest BCUT2D eigenvalue weighted by molar-refractivity contribution is 7.89. The van der Waals surface area contributed by atoms with Crippen molar-refractivity contribution in [2.75, 3.05) is 33.0 Å². The van der Waals surface area contributed by atoms with Crippen molar-refractivity contribution in [1.82, 2.24) is 9.79 Å². The summed E-state index contributed by atoms with van der Waals surface area (Å²) in [6.45, 7) is 2.11. The first kappa shape index (κ1) is 29.0. The van der Waals surface area contributed by atoms with E-state index < -0.39 is 34.4 Å². The molecular weight excluding hydrogens is 520 g/mol. The van der Waals surface area contributed by atoms with Gasteiger partial charge in [-0.1, -0.05) is 24.2 Å². The highest BCUT2D eigenvalue weighted by Crippen LogP contribution is 2.33. The number of benzene rings is 1. The van der Waals surface area contributed by atoms with E-state index in [0.29, 0.717) is 31.6 Å². The second-order valence-corrected chi connectivity index (χ2v) is 11.6. The highest BCUT2D eigenvalue weighted by atomic mass is 32.2. The highest BCUT2D eigenvalue weighted by Gasteiger charge is 2.44. The van der Waals surface area contributed by atoms with Crippen molar-refractivity contribution in [1.29, 1.82) is 0 Å². The fraction of sp³-hybridized carbons (Fsp3) is 0.720. The molecule has 2 heterocycles. The van der Waals surface area contributed by atoms with Gasteiger partial charge in [0.15, 0.2) is 6.29 Å². The number of amides is 1. The van der Waals surface area contributed by atoms with Gasteiger partial charge in [0.1, 0.15) is 18.5 Å². The van der Waals surface area contributed by atoms with Crippen LogP contribution in [0.25, 0.3) is 0 Å². The molecule has 1 saturated carbocycles. The van der Waals surface area contributed by atoms with Crippen molar-refractivity contribution >= 4 is 16.1 Å². The molecule has 3 N–H and O–H groups in total. The molecule has 0 radical (unpaired) electrons. The van der Waals surface area contributed by atoms with Crippen molar-refractivity contribution in [2.24, 2.45) is 5.92 Å². The van der Waals surface area contributed by atoms with Crippen LogP contribution in [0.4, 0.5) is 4.79 Å². The van der Waals surface area contributed by atoms with Crippen LogP contribution in [0.5, 0.6) is 5.75 Å². The Bertz CT molecular complexity index is 1000. The van der Waals surface area contributed by atoms with Gasteiger partial charge < -0.3 is 34.5 Å². The number of carbonyl (C=O) groups is 1. The molecule has 0 spiro atoms. The Morgan fingerprint density at radius 2 is 1.92 bits per heavy atom. The number of sulfonamides is 1. The molecular formula is C25H38N2O10S. The SMILES string of the molecule is CC[C@H](NC(=O)O[C@H]1CO[C@H]2OCC[C@H]21)[C@H](O)CN(OC1CCCC1)S(=O)(=O)c1ccc(OCCO)cc1. The second kappa shape index (κ2) is 13.4. The largest absolute Gasteiger partial charge is 0.491 e. The zero-order valence-electron chi connectivity index (χ0n) is 21.6. The van der Waals surface area contributed by atoms with E-state index in [9.17, 15) is 18.3 Å². The lowest BCUT2D eigenvalue weighted by molar-refractivity contribution is -0.145. The summed E-state index contributed by atoms with van der Waals surface area (Å²) in [4.78, 5) is 18.5. The van der Waals surface area contributed by atoms with E-state index in [1.54, 1.807) is 6.92 Å². The van der Waals surface area contributed by atoms with Crippen molar-refractivity contribution in [3.8, 4) is 5.75 Å². The van der Waals surface area contributed by atoms with E-state index >= 15 is 0 Å². The molecule has 0 bridgehead atoms. The summed E-state index contributed by atoms with van der Waals surface area (Å²) in [5.41, 5.74) is 0. The first-order chi connectivity index (χ1) is 18.3. The maximum atomic E-state index is 13.5. The minimum absolute atomic E-state index is 0.0216. The van der Waals surface area contributed by atoms with Crippen LogP contribution in [-0.2, 0) is 29.1 Å². The Morgan fingerprint density at radius 3 is 2.61 bits per heavy atom. The van der Waals surface area contributed by atoms with E-state index in [0.717, 1.165) is 23.7 Å². The van der Waals surface area contributed by atoms with Crippen LogP contribution in [0, 0.1) is 5.92 Å². The first-order valence-corrected chi connectivity index (χ1v) is 14.7. The molecule has 1 aromatic rings. The number of hydrogen-bond acceptors (Lipinski definition) is 10. The number of nitrogens with zero attached hydrogens (tertiary/aromatic N) is 1. The molecule has 5 atom stereocenters. The van der Waals surface area contributed by atoms with Gasteiger partial charge in [-0.15, -0.1) is 0 Å². The predicted octanol–water partition coefficient (Wildman–Crippen LogP) is 1.55. The van der Waals surface area contributed by atoms with Crippen LogP contribution >= 0.6 is 0 Å². The summed E-state index contributed by atoms with van der Waals surface area (Å²) in [6, 6.07) is 4.98. The minimum atomic E-state index is -4.15. The lowest BCUT2D eigenvalue weighted by atomic mass is 10.0. The second-order valence-electron chi connectivity index (χ2n) is 9.74. The molecule has 12 nitrogen and oxygen atoms in total. The number of rotatable bonds is 13. The molecule has 38 heavy (non-hydrogen) atoms. The molecule has 3 fully saturated rings. The van der Waals surface area contributed by atoms with E-state index in [2.05, 4.69) is 5.32 Å². The summed E-state index contributed by atoms with van der Waals surface area (Å²) in [5, 5.41) is 22.6. The Hall–Kier alpha value is -2.00. The molecule has 13 heteroatoms. The van der Waals surface area contributed by atoms with Crippen LogP contribution in [0.15, 0.2) is 29.2 Å². The standard InChI is InChI=1S/C25H38N2O10S/c1-2-21(26-25(30)36-23-16-35-24-20(23)11-13-34-24)22(29)15-27(37-18-5-3-4-6-18)38(31,32)19-9-7-17(8-10-19)33-14-12-28/h7-10,18,20-24,28-29H,2-6,11-16H2,1H3,(H,26,30)/t20-,21-,22+,23-,24+/m0/s1. The third kappa shape index (κ3) is 7.14. The van der Waals surface area contributed by atoms with Gasteiger partial charge in [0, 0.05) is 0 Å². The van der Waals surface area contributed by atoms with Crippen molar-refractivity contribution in [3.63, 3.8) is 0 Å². The zero-order chi connectivity index (χ0) is 27.1. The van der Waals surface area contributed by atoms with Gasteiger partial charge in [-0.25, -0.2) is 13.2 Å². The maximum absolute atomic E-state index is 13.5. The lowest BCUT2D eigenvalue weighted by Crippen LogP contribution is -2.50. The normalized spacial score (nSPS) is 25.3. The predicted molar refractivity (Wildman–Crippen MR) is 134 cm³/mol. The van der Waals surface area contributed by atoms with Gasteiger partial charge >= 0.3 is 6.09 Å². The number of hydroxylamine groups is 1. The summed E-state index contributed by atoms with van der Waals surface area (Å²) in [5.74, 6) is 0.393. The lowest BCUT2D eigenvalue weighted by Gasteiger charge is -2.30. The molecule has 214 valence electrons. The number of alkyl carbamates (subject to hydrolysis) is 1. The summed E-state index contributed by atoms with van der Waals surface area (Å²) in [7, 11) is -4.15. The number of nitrogens with one attached hydrogen (secondary N) is 1. The van der Waals surface area contributed by atoms with E-state index in [-0.39, 0.29) is 49.6 Å². The van der Waals surface area contributed by atoms with E-state index in [4.69, 9.17) is 28.9 Å². The third-order valence-electron chi connectivity index (χ3n) is 7.11. The van der Waals surface area contributed by atoms with Gasteiger partial charge in [-0.3, -0.25) is 4.84 Å². The number of carbonyl (C=O) groups excluding carboxylic acids is 1. The van der Waals surface area contributed by atoms with Gasteiger partial charge in [0.05, 0.1) is 55.4 Å². The van der Waals surface area contributed by atoms with Crippen LogP contribution in [0.2, 0.25) is 0 Å². The number of hydrogen-bond donors (Lipinski definition) is 3. The summed E-state index contributed by atoms with van der Waals surface area (Å²) >= 11 is 0. The van der Waals surface area contributed by atoms with E-state index in [1.807, 2.05) is 0 Å². The molecule has 2 aliphatic heterocycles. The van der Waals surface area contributed by atoms with Crippen molar-refractivity contribution in [3.05, 3.63) is 24.3 Å². The first-order valence-electron chi connectivity index (χ1n) is 13.2. The Balaban J connectivity index is 1.41. The van der Waals surface area contributed by atoms with Gasteiger partial charge in [-0.2, -0.15) is 0 Å². The Kier molecular flexibility index (Phi) is 10.2. The van der Waals surface area contributed by atoms with E-state index in [1.165, 1.54) is 24.3 Å². The fourth-order valence-electron chi connectivity index (χ4n) is 4.97. The fourth-order valence-corrected chi connectivity index (χ4v) is 6.27. The molecule has 4 rings (SSSR count). The topological polar surface area (TPSA) is 153 Å². The number of ether oxygens (including phenoxy) is 4. The molecule has 0 unspecified atom stereocenters. The molecule has 3 aliphatic rings. The van der Waals surface area contributed by atoms with Crippen LogP contribution < -0.4 is 10.1 Å². The van der Waals surface area contributed by atoms with Crippen LogP contribution in [0.3, 0.4) is 0 Å². The smallest absolute Gasteiger partial charge is 0.407 e. The van der Waals surface area contributed by atoms with Gasteiger partial charge in [0.25, 0.3) is 10.0 Å². The van der Waals surface area contributed by atoms with Crippen molar-refractivity contribution < 1.29 is 47.2 Å². The molecule has 2 saturated heterocycles. The summed E-state index contributed by atoms with van der Waals surface area (Å²) in [6.07, 6.45) is 1.31. The van der Waals surface area contributed by atoms with Gasteiger partial charge in [0.2, 0.25) is 0 Å². The van der Waals surface area contributed by atoms with Gasteiger partial charge in [-0.05, 0) is 49.9 Å². The molecule has 1 aromatic carbocycles.